The molecule has 11 heteroatoms. The second-order valence-electron chi connectivity index (χ2n) is 6.63. The standard InChI is InChI=1S/C17H17N5O6/c1-17(10-5-4-6-11(7-10)22(27)28)14(24)21(15(25)18-17)9-12-8-13(23)20(3)16(26)19(12)2/h4-8H,9H2,1-3H3,(H,18,25). The Morgan fingerprint density at radius 2 is 1.79 bits per heavy atom. The summed E-state index contributed by atoms with van der Waals surface area (Å²) in [5.74, 6) is -0.647. The van der Waals surface area contributed by atoms with Crippen LogP contribution in [0.4, 0.5) is 10.5 Å². The van der Waals surface area contributed by atoms with Crippen molar-refractivity contribution in [2.24, 2.45) is 14.1 Å². The fraction of sp³-hybridized carbons (Fsp3) is 0.294. The minimum atomic E-state index is -1.51. The normalized spacial score (nSPS) is 19.0. The highest BCUT2D eigenvalue weighted by Crippen LogP contribution is 2.31. The highest BCUT2D eigenvalue weighted by Gasteiger charge is 2.49. The van der Waals surface area contributed by atoms with Gasteiger partial charge in [-0.3, -0.25) is 33.7 Å². The first-order chi connectivity index (χ1) is 13.1. The molecule has 1 saturated heterocycles. The van der Waals surface area contributed by atoms with Gasteiger partial charge >= 0.3 is 11.7 Å². The molecular formula is C17H17N5O6. The number of aromatic nitrogens is 2. The average molecular weight is 387 g/mol. The van der Waals surface area contributed by atoms with Crippen molar-refractivity contribution in [3.63, 3.8) is 0 Å². The third-order valence-electron chi connectivity index (χ3n) is 4.85. The van der Waals surface area contributed by atoms with Crippen LogP contribution in [0, 0.1) is 10.1 Å². The van der Waals surface area contributed by atoms with Crippen molar-refractivity contribution in [1.82, 2.24) is 19.4 Å². The molecular weight excluding hydrogens is 370 g/mol. The SMILES string of the molecule is Cn1c(CN2C(=O)NC(C)(c3cccc([N+](=O)[O-])c3)C2=O)cc(=O)n(C)c1=O. The van der Waals surface area contributed by atoms with E-state index in [1.807, 2.05) is 0 Å². The Morgan fingerprint density at radius 1 is 1.11 bits per heavy atom. The molecule has 0 bridgehead atoms. The number of hydrogen-bond donors (Lipinski definition) is 1. The number of nitrogens with zero attached hydrogens (tertiary/aromatic N) is 4. The molecule has 1 aliphatic rings. The van der Waals surface area contributed by atoms with E-state index in [0.29, 0.717) is 0 Å². The Morgan fingerprint density at radius 3 is 2.43 bits per heavy atom. The maximum atomic E-state index is 13.0. The number of rotatable bonds is 4. The zero-order valence-electron chi connectivity index (χ0n) is 15.3. The Kier molecular flexibility index (Phi) is 4.37. The van der Waals surface area contributed by atoms with Crippen molar-refractivity contribution in [3.8, 4) is 0 Å². The monoisotopic (exact) mass is 387 g/mol. The van der Waals surface area contributed by atoms with Crippen molar-refractivity contribution in [3.05, 3.63) is 72.5 Å². The first kappa shape index (κ1) is 19.0. The summed E-state index contributed by atoms with van der Waals surface area (Å²) >= 11 is 0. The number of non-ortho nitro benzene ring substituents is 1. The number of carbonyl (C=O) groups is 2. The molecule has 0 spiro atoms. The number of amides is 3. The molecule has 1 aromatic carbocycles. The first-order valence-corrected chi connectivity index (χ1v) is 8.21. The lowest BCUT2D eigenvalue weighted by atomic mass is 9.91. The van der Waals surface area contributed by atoms with Crippen LogP contribution >= 0.6 is 0 Å². The molecule has 2 heterocycles. The number of nitro groups is 1. The van der Waals surface area contributed by atoms with Crippen LogP contribution in [0.15, 0.2) is 39.9 Å². The summed E-state index contributed by atoms with van der Waals surface area (Å²) in [6.45, 7) is 1.15. The van der Waals surface area contributed by atoms with Gasteiger partial charge in [0.25, 0.3) is 17.2 Å². The zero-order chi connectivity index (χ0) is 20.8. The van der Waals surface area contributed by atoms with Gasteiger partial charge in [0.2, 0.25) is 0 Å². The maximum Gasteiger partial charge on any atom is 0.330 e. The third-order valence-corrected chi connectivity index (χ3v) is 4.85. The molecule has 1 N–H and O–H groups in total. The number of hydrogen-bond acceptors (Lipinski definition) is 6. The Balaban J connectivity index is 1.99. The highest BCUT2D eigenvalue weighted by molar-refractivity contribution is 6.07. The van der Waals surface area contributed by atoms with E-state index in [9.17, 15) is 29.3 Å². The molecule has 28 heavy (non-hydrogen) atoms. The summed E-state index contributed by atoms with van der Waals surface area (Å²) in [4.78, 5) is 60.6. The molecule has 1 fully saturated rings. The number of benzene rings is 1. The summed E-state index contributed by atoms with van der Waals surface area (Å²) in [6, 6.07) is 5.86. The lowest BCUT2D eigenvalue weighted by Crippen LogP contribution is -2.42. The van der Waals surface area contributed by atoms with Crippen molar-refractivity contribution in [1.29, 1.82) is 0 Å². The predicted octanol–water partition coefficient (Wildman–Crippen LogP) is -0.0406. The van der Waals surface area contributed by atoms with Crippen LogP contribution in [-0.2, 0) is 31.0 Å². The van der Waals surface area contributed by atoms with E-state index < -0.39 is 33.6 Å². The van der Waals surface area contributed by atoms with Crippen LogP contribution in [-0.4, -0.2) is 30.9 Å². The highest BCUT2D eigenvalue weighted by atomic mass is 16.6. The van der Waals surface area contributed by atoms with Gasteiger partial charge in [-0.15, -0.1) is 0 Å². The van der Waals surface area contributed by atoms with E-state index in [1.165, 1.54) is 55.9 Å². The maximum absolute atomic E-state index is 13.0. The van der Waals surface area contributed by atoms with Gasteiger partial charge in [0.05, 0.1) is 11.5 Å². The largest absolute Gasteiger partial charge is 0.330 e. The van der Waals surface area contributed by atoms with E-state index in [-0.39, 0.29) is 23.5 Å². The molecule has 0 saturated carbocycles. The van der Waals surface area contributed by atoms with Crippen LogP contribution in [0.1, 0.15) is 18.2 Å². The molecule has 0 aliphatic carbocycles. The molecule has 2 aromatic rings. The smallest absolute Gasteiger partial charge is 0.319 e. The Labute approximate surface area is 158 Å². The van der Waals surface area contributed by atoms with Crippen LogP contribution in [0.2, 0.25) is 0 Å². The van der Waals surface area contributed by atoms with Gasteiger partial charge in [-0.1, -0.05) is 12.1 Å². The molecule has 3 amide bonds. The number of carbonyl (C=O) groups excluding carboxylic acids is 2. The summed E-state index contributed by atoms with van der Waals surface area (Å²) in [6.07, 6.45) is 0. The number of imide groups is 1. The molecule has 11 nitrogen and oxygen atoms in total. The average Bonchev–Trinajstić information content (AvgIpc) is 2.88. The second kappa shape index (κ2) is 6.44. The number of nitro benzene ring substituents is 1. The fourth-order valence-corrected chi connectivity index (χ4v) is 3.06. The van der Waals surface area contributed by atoms with Gasteiger partial charge in [0, 0.05) is 38.0 Å². The van der Waals surface area contributed by atoms with E-state index in [0.717, 1.165) is 9.47 Å². The lowest BCUT2D eigenvalue weighted by molar-refractivity contribution is -0.385. The second-order valence-corrected chi connectivity index (χ2v) is 6.63. The summed E-state index contributed by atoms with van der Waals surface area (Å²) < 4.78 is 2.08. The van der Waals surface area contributed by atoms with E-state index in [2.05, 4.69) is 5.32 Å². The predicted molar refractivity (Wildman–Crippen MR) is 96.5 cm³/mol. The quantitative estimate of drug-likeness (QED) is 0.444. The number of nitrogens with one attached hydrogen (secondary N) is 1. The van der Waals surface area contributed by atoms with Crippen molar-refractivity contribution in [2.45, 2.75) is 19.0 Å². The van der Waals surface area contributed by atoms with Gasteiger partial charge in [0.1, 0.15) is 5.54 Å². The summed E-state index contributed by atoms with van der Waals surface area (Å²) in [7, 11) is 2.75. The van der Waals surface area contributed by atoms with Gasteiger partial charge in [-0.05, 0) is 12.5 Å². The Hall–Kier alpha value is -3.76. The molecule has 3 rings (SSSR count). The van der Waals surface area contributed by atoms with Gasteiger partial charge in [-0.2, -0.15) is 0 Å². The zero-order valence-corrected chi connectivity index (χ0v) is 15.3. The molecule has 1 aliphatic heterocycles. The summed E-state index contributed by atoms with van der Waals surface area (Å²) in [5.41, 5.74) is -2.45. The Bertz CT molecular complexity index is 1130. The van der Waals surface area contributed by atoms with Gasteiger partial charge in [-0.25, -0.2) is 9.59 Å². The van der Waals surface area contributed by atoms with Crippen molar-refractivity contribution in [2.75, 3.05) is 0 Å². The van der Waals surface area contributed by atoms with Crippen LogP contribution < -0.4 is 16.6 Å². The van der Waals surface area contributed by atoms with Crippen LogP contribution in [0.5, 0.6) is 0 Å². The van der Waals surface area contributed by atoms with Crippen LogP contribution in [0.25, 0.3) is 0 Å². The van der Waals surface area contributed by atoms with E-state index >= 15 is 0 Å². The van der Waals surface area contributed by atoms with Crippen molar-refractivity contribution < 1.29 is 14.5 Å². The topological polar surface area (TPSA) is 137 Å². The fourth-order valence-electron chi connectivity index (χ4n) is 3.06. The molecule has 0 radical (unpaired) electrons. The van der Waals surface area contributed by atoms with Crippen molar-refractivity contribution >= 4 is 17.6 Å². The molecule has 146 valence electrons. The minimum Gasteiger partial charge on any atom is -0.319 e. The van der Waals surface area contributed by atoms with Gasteiger partial charge < -0.3 is 5.32 Å². The third kappa shape index (κ3) is 2.86. The molecule has 1 atom stereocenters. The number of urea groups is 1. The lowest BCUT2D eigenvalue weighted by Gasteiger charge is -2.22. The van der Waals surface area contributed by atoms with Gasteiger partial charge in [0.15, 0.2) is 0 Å². The first-order valence-electron chi connectivity index (χ1n) is 8.21. The molecule has 1 unspecified atom stereocenters. The van der Waals surface area contributed by atoms with E-state index in [4.69, 9.17) is 0 Å². The van der Waals surface area contributed by atoms with Crippen LogP contribution in [0.3, 0.4) is 0 Å². The summed E-state index contributed by atoms with van der Waals surface area (Å²) in [5, 5.41) is 13.5. The van der Waals surface area contributed by atoms with E-state index in [1.54, 1.807) is 0 Å². The minimum absolute atomic E-state index is 0.180. The molecule has 1 aromatic heterocycles.